The molecule has 140 valence electrons. The van der Waals surface area contributed by atoms with E-state index < -0.39 is 0 Å². The van der Waals surface area contributed by atoms with Gasteiger partial charge in [0.05, 0.1) is 0 Å². The van der Waals surface area contributed by atoms with E-state index in [-0.39, 0.29) is 12.3 Å². The van der Waals surface area contributed by atoms with Gasteiger partial charge >= 0.3 is 0 Å². The largest absolute Gasteiger partial charge is 0.344 e. The monoisotopic (exact) mass is 371 g/mol. The quantitative estimate of drug-likeness (QED) is 0.485. The third-order valence-corrected chi connectivity index (χ3v) is 4.83. The highest BCUT2D eigenvalue weighted by molar-refractivity contribution is 5.97. The molecule has 4 aromatic rings. The second kappa shape index (κ2) is 7.60. The van der Waals surface area contributed by atoms with Crippen molar-refractivity contribution < 1.29 is 4.79 Å². The molecular weight excluding hydrogens is 350 g/mol. The van der Waals surface area contributed by atoms with Crippen LogP contribution in [0.1, 0.15) is 27.3 Å². The van der Waals surface area contributed by atoms with Gasteiger partial charge in [-0.05, 0) is 30.7 Å². The zero-order valence-corrected chi connectivity index (χ0v) is 15.9. The maximum atomic E-state index is 12.9. The van der Waals surface area contributed by atoms with Crippen LogP contribution in [0.5, 0.6) is 0 Å². The topological polar surface area (TPSA) is 65.6 Å². The number of hydrogen-bond acceptors (Lipinski definition) is 4. The molecule has 2 aromatic heterocycles. The molecule has 0 atom stereocenters. The van der Waals surface area contributed by atoms with E-state index in [9.17, 15) is 4.79 Å². The molecule has 4 rings (SSSR count). The number of rotatable bonds is 6. The molecule has 6 nitrogen and oxygen atoms in total. The SMILES string of the molecule is Cc1cc(C(=O)Cn2nnc(-c3ccccc3)n2)c(C)n1Cc1ccccc1. The van der Waals surface area contributed by atoms with Gasteiger partial charge < -0.3 is 4.57 Å². The van der Waals surface area contributed by atoms with Crippen LogP contribution < -0.4 is 0 Å². The molecule has 0 amide bonds. The molecular formula is C22H21N5O. The molecule has 0 fully saturated rings. The molecule has 2 heterocycles. The van der Waals surface area contributed by atoms with Gasteiger partial charge in [0.1, 0.15) is 6.54 Å². The normalized spacial score (nSPS) is 10.9. The molecule has 0 saturated heterocycles. The fraction of sp³-hybridized carbons (Fsp3) is 0.182. The van der Waals surface area contributed by atoms with E-state index in [1.54, 1.807) is 0 Å². The summed E-state index contributed by atoms with van der Waals surface area (Å²) in [5.74, 6) is 0.493. The van der Waals surface area contributed by atoms with E-state index in [2.05, 4.69) is 32.1 Å². The predicted octanol–water partition coefficient (Wildman–Crippen LogP) is 3.69. The van der Waals surface area contributed by atoms with E-state index in [1.807, 2.05) is 68.4 Å². The molecule has 0 radical (unpaired) electrons. The van der Waals surface area contributed by atoms with Gasteiger partial charge in [-0.25, -0.2) is 0 Å². The van der Waals surface area contributed by atoms with Crippen molar-refractivity contribution in [3.8, 4) is 11.4 Å². The Morgan fingerprint density at radius 1 is 0.964 bits per heavy atom. The van der Waals surface area contributed by atoms with Gasteiger partial charge in [0, 0.05) is 29.1 Å². The van der Waals surface area contributed by atoms with Gasteiger partial charge in [-0.2, -0.15) is 4.80 Å². The Bertz CT molecular complexity index is 1100. The van der Waals surface area contributed by atoms with Crippen LogP contribution in [-0.2, 0) is 13.1 Å². The number of benzene rings is 2. The third-order valence-electron chi connectivity index (χ3n) is 4.83. The molecule has 0 aliphatic heterocycles. The summed E-state index contributed by atoms with van der Waals surface area (Å²) in [7, 11) is 0. The van der Waals surface area contributed by atoms with Crippen LogP contribution >= 0.6 is 0 Å². The number of aromatic nitrogens is 5. The van der Waals surface area contributed by atoms with Crippen LogP contribution in [0.25, 0.3) is 11.4 Å². The van der Waals surface area contributed by atoms with Crippen molar-refractivity contribution in [2.75, 3.05) is 0 Å². The molecule has 0 spiro atoms. The van der Waals surface area contributed by atoms with Crippen LogP contribution in [0.15, 0.2) is 66.7 Å². The molecule has 0 N–H and O–H groups in total. The first kappa shape index (κ1) is 17.9. The summed E-state index contributed by atoms with van der Waals surface area (Å²) in [6, 6.07) is 21.8. The first-order chi connectivity index (χ1) is 13.6. The zero-order chi connectivity index (χ0) is 19.5. The van der Waals surface area contributed by atoms with Gasteiger partial charge in [0.2, 0.25) is 5.82 Å². The smallest absolute Gasteiger partial charge is 0.204 e. The molecule has 6 heteroatoms. The predicted molar refractivity (Wildman–Crippen MR) is 107 cm³/mol. The van der Waals surface area contributed by atoms with Crippen molar-refractivity contribution in [3.05, 3.63) is 89.2 Å². The van der Waals surface area contributed by atoms with E-state index in [4.69, 9.17) is 0 Å². The molecule has 28 heavy (non-hydrogen) atoms. The van der Waals surface area contributed by atoms with Crippen molar-refractivity contribution in [2.24, 2.45) is 0 Å². The Kier molecular flexibility index (Phi) is 4.85. The highest BCUT2D eigenvalue weighted by Crippen LogP contribution is 2.18. The van der Waals surface area contributed by atoms with E-state index >= 15 is 0 Å². The molecule has 0 aliphatic carbocycles. The summed E-state index contributed by atoms with van der Waals surface area (Å²) in [5, 5.41) is 12.4. The number of carbonyl (C=O) groups excluding carboxylic acids is 1. The Labute approximate surface area is 163 Å². The Hall–Kier alpha value is -3.54. The maximum Gasteiger partial charge on any atom is 0.204 e. The minimum atomic E-state index is -0.0237. The highest BCUT2D eigenvalue weighted by atomic mass is 16.1. The summed E-state index contributed by atoms with van der Waals surface area (Å²) in [5.41, 5.74) is 4.79. The van der Waals surface area contributed by atoms with Crippen LogP contribution in [0.2, 0.25) is 0 Å². The van der Waals surface area contributed by atoms with Gasteiger partial charge in [-0.3, -0.25) is 4.79 Å². The summed E-state index contributed by atoms with van der Waals surface area (Å²) >= 11 is 0. The van der Waals surface area contributed by atoms with E-state index in [0.29, 0.717) is 11.4 Å². The van der Waals surface area contributed by atoms with Crippen LogP contribution in [0.4, 0.5) is 0 Å². The Balaban J connectivity index is 1.53. The van der Waals surface area contributed by atoms with Gasteiger partial charge in [0.25, 0.3) is 0 Å². The number of hydrogen-bond donors (Lipinski definition) is 0. The van der Waals surface area contributed by atoms with Crippen molar-refractivity contribution in [1.82, 2.24) is 24.8 Å². The number of ketones is 1. The number of aryl methyl sites for hydroxylation is 1. The summed E-state index contributed by atoms with van der Waals surface area (Å²) in [6.45, 7) is 4.81. The summed E-state index contributed by atoms with van der Waals surface area (Å²) in [4.78, 5) is 14.2. The number of nitrogens with zero attached hydrogens (tertiary/aromatic N) is 5. The average Bonchev–Trinajstić information content (AvgIpc) is 3.29. The number of Topliss-reactive ketones (excluding diaryl/α,β-unsaturated/α-hetero) is 1. The third kappa shape index (κ3) is 3.62. The lowest BCUT2D eigenvalue weighted by Crippen LogP contribution is -2.14. The molecule has 0 saturated carbocycles. The number of carbonyl (C=O) groups is 1. The van der Waals surface area contributed by atoms with Crippen LogP contribution in [0, 0.1) is 13.8 Å². The maximum absolute atomic E-state index is 12.9. The Morgan fingerprint density at radius 2 is 1.64 bits per heavy atom. The first-order valence-corrected chi connectivity index (χ1v) is 9.19. The van der Waals surface area contributed by atoms with Crippen LogP contribution in [0.3, 0.4) is 0 Å². The van der Waals surface area contributed by atoms with Crippen molar-refractivity contribution >= 4 is 5.78 Å². The van der Waals surface area contributed by atoms with Gasteiger partial charge in [-0.15, -0.1) is 10.2 Å². The summed E-state index contributed by atoms with van der Waals surface area (Å²) < 4.78 is 2.16. The highest BCUT2D eigenvalue weighted by Gasteiger charge is 2.17. The molecule has 0 bridgehead atoms. The summed E-state index contributed by atoms with van der Waals surface area (Å²) in [6.07, 6.45) is 0. The fourth-order valence-electron chi connectivity index (χ4n) is 3.32. The van der Waals surface area contributed by atoms with E-state index in [1.165, 1.54) is 10.4 Å². The lowest BCUT2D eigenvalue weighted by atomic mass is 10.1. The second-order valence-electron chi connectivity index (χ2n) is 6.79. The van der Waals surface area contributed by atoms with Crippen molar-refractivity contribution in [1.29, 1.82) is 0 Å². The minimum Gasteiger partial charge on any atom is -0.344 e. The van der Waals surface area contributed by atoms with Crippen LogP contribution in [-0.4, -0.2) is 30.6 Å². The van der Waals surface area contributed by atoms with Crippen molar-refractivity contribution in [2.45, 2.75) is 26.9 Å². The lowest BCUT2D eigenvalue weighted by Gasteiger charge is -2.10. The Morgan fingerprint density at radius 3 is 2.36 bits per heavy atom. The molecule has 0 unspecified atom stereocenters. The van der Waals surface area contributed by atoms with E-state index in [0.717, 1.165) is 23.5 Å². The van der Waals surface area contributed by atoms with Gasteiger partial charge in [0.15, 0.2) is 5.78 Å². The zero-order valence-electron chi connectivity index (χ0n) is 15.9. The molecule has 0 aliphatic rings. The minimum absolute atomic E-state index is 0.0237. The average molecular weight is 371 g/mol. The number of tetrazole rings is 1. The van der Waals surface area contributed by atoms with Crippen molar-refractivity contribution in [3.63, 3.8) is 0 Å². The second-order valence-corrected chi connectivity index (χ2v) is 6.79. The lowest BCUT2D eigenvalue weighted by molar-refractivity contribution is 0.0960. The standard InChI is InChI=1S/C22H21N5O/c1-16-13-20(17(2)26(16)14-18-9-5-3-6-10-18)21(28)15-27-24-22(23-25-27)19-11-7-4-8-12-19/h3-13H,14-15H2,1-2H3. The fourth-order valence-corrected chi connectivity index (χ4v) is 3.32. The first-order valence-electron chi connectivity index (χ1n) is 9.19. The molecule has 2 aromatic carbocycles. The van der Waals surface area contributed by atoms with Gasteiger partial charge in [-0.1, -0.05) is 60.7 Å².